The van der Waals surface area contributed by atoms with Gasteiger partial charge in [-0.1, -0.05) is 6.07 Å². The predicted octanol–water partition coefficient (Wildman–Crippen LogP) is 3.39. The van der Waals surface area contributed by atoms with Crippen LogP contribution in [0, 0.1) is 0 Å². The lowest BCUT2D eigenvalue weighted by atomic mass is 10.2. The summed E-state index contributed by atoms with van der Waals surface area (Å²) in [7, 11) is -1.07. The van der Waals surface area contributed by atoms with Gasteiger partial charge in [-0.3, -0.25) is 4.57 Å². The Balaban J connectivity index is 1.63. The standard InChI is InChI=1S/C17H17N2O7P/c1-21-27(20,22-2)17-16(26-15(19-17)13-4-3-7-23-13)18-9-11-5-6-12-14(8-11)25-10-24-12/h3-8,18H,9-10H2,1-2H3. The molecule has 1 aliphatic heterocycles. The van der Waals surface area contributed by atoms with E-state index in [2.05, 4.69) is 10.3 Å². The quantitative estimate of drug-likeness (QED) is 0.606. The van der Waals surface area contributed by atoms with E-state index in [1.807, 2.05) is 18.2 Å². The number of hydrogen-bond donors (Lipinski definition) is 1. The molecule has 0 saturated carbocycles. The Morgan fingerprint density at radius 1 is 1.19 bits per heavy atom. The van der Waals surface area contributed by atoms with Crippen molar-refractivity contribution in [1.29, 1.82) is 0 Å². The van der Waals surface area contributed by atoms with E-state index in [-0.39, 0.29) is 24.0 Å². The number of aromatic nitrogens is 1. The highest BCUT2D eigenvalue weighted by Crippen LogP contribution is 2.47. The molecule has 27 heavy (non-hydrogen) atoms. The fourth-order valence-corrected chi connectivity index (χ4v) is 3.68. The van der Waals surface area contributed by atoms with E-state index in [1.165, 1.54) is 20.5 Å². The van der Waals surface area contributed by atoms with Crippen molar-refractivity contribution in [3.05, 3.63) is 42.2 Å². The van der Waals surface area contributed by atoms with Gasteiger partial charge >= 0.3 is 7.60 Å². The Kier molecular flexibility index (Phi) is 4.65. The number of benzene rings is 1. The van der Waals surface area contributed by atoms with E-state index in [0.717, 1.165) is 5.56 Å². The minimum atomic E-state index is -3.64. The van der Waals surface area contributed by atoms with E-state index < -0.39 is 7.60 Å². The van der Waals surface area contributed by atoms with E-state index in [0.29, 0.717) is 23.8 Å². The third-order valence-electron chi connectivity index (χ3n) is 3.97. The second-order valence-electron chi connectivity index (χ2n) is 5.55. The number of nitrogens with zero attached hydrogens (tertiary/aromatic N) is 1. The Labute approximate surface area is 154 Å². The lowest BCUT2D eigenvalue weighted by molar-refractivity contribution is 0.174. The molecule has 9 nitrogen and oxygen atoms in total. The molecule has 0 bridgehead atoms. The summed E-state index contributed by atoms with van der Waals surface area (Å²) in [5.74, 6) is 2.10. The molecule has 142 valence electrons. The van der Waals surface area contributed by atoms with Crippen molar-refractivity contribution in [2.24, 2.45) is 0 Å². The first-order valence-corrected chi connectivity index (χ1v) is 9.56. The maximum absolute atomic E-state index is 12.8. The Hall–Kier alpha value is -2.74. The molecule has 0 atom stereocenters. The van der Waals surface area contributed by atoms with Crippen LogP contribution in [0.2, 0.25) is 0 Å². The minimum Gasteiger partial charge on any atom is -0.459 e. The van der Waals surface area contributed by atoms with Gasteiger partial charge in [-0.2, -0.15) is 4.98 Å². The Morgan fingerprint density at radius 2 is 2.00 bits per heavy atom. The maximum atomic E-state index is 12.8. The molecule has 1 aromatic carbocycles. The van der Waals surface area contributed by atoms with Gasteiger partial charge in [-0.25, -0.2) is 0 Å². The molecule has 0 spiro atoms. The molecule has 0 fully saturated rings. The number of oxazole rings is 1. The molecule has 10 heteroatoms. The van der Waals surface area contributed by atoms with Crippen molar-refractivity contribution in [2.75, 3.05) is 26.3 Å². The van der Waals surface area contributed by atoms with Crippen LogP contribution in [0.5, 0.6) is 11.5 Å². The highest BCUT2D eigenvalue weighted by Gasteiger charge is 2.34. The first kappa shape index (κ1) is 17.7. The summed E-state index contributed by atoms with van der Waals surface area (Å²) in [6, 6.07) is 8.94. The zero-order valence-electron chi connectivity index (χ0n) is 14.6. The molecule has 3 heterocycles. The average Bonchev–Trinajstić information content (AvgIpc) is 3.45. The number of hydrogen-bond acceptors (Lipinski definition) is 9. The largest absolute Gasteiger partial charge is 0.459 e. The SMILES string of the molecule is COP(=O)(OC)c1nc(-c2ccco2)oc1NCc1ccc2c(c1)OCO2. The molecule has 4 rings (SSSR count). The number of anilines is 1. The van der Waals surface area contributed by atoms with Crippen molar-refractivity contribution in [2.45, 2.75) is 6.54 Å². The number of ether oxygens (including phenoxy) is 2. The minimum absolute atomic E-state index is 0.0413. The van der Waals surface area contributed by atoms with E-state index in [4.69, 9.17) is 27.4 Å². The normalized spacial score (nSPS) is 13.1. The van der Waals surface area contributed by atoms with E-state index in [9.17, 15) is 4.57 Å². The van der Waals surface area contributed by atoms with Crippen LogP contribution in [0.3, 0.4) is 0 Å². The van der Waals surface area contributed by atoms with Gasteiger partial charge in [-0.15, -0.1) is 0 Å². The van der Waals surface area contributed by atoms with Crippen LogP contribution in [0.1, 0.15) is 5.56 Å². The number of furan rings is 1. The first-order valence-electron chi connectivity index (χ1n) is 8.02. The molecule has 1 N–H and O–H groups in total. The van der Waals surface area contributed by atoms with E-state index in [1.54, 1.807) is 12.1 Å². The molecular weight excluding hydrogens is 375 g/mol. The fourth-order valence-electron chi connectivity index (χ4n) is 2.60. The summed E-state index contributed by atoms with van der Waals surface area (Å²) < 4.78 is 44.7. The van der Waals surface area contributed by atoms with Gasteiger partial charge in [-0.05, 0) is 29.8 Å². The number of nitrogens with one attached hydrogen (secondary N) is 1. The van der Waals surface area contributed by atoms with Gasteiger partial charge in [0.15, 0.2) is 17.3 Å². The number of fused-ring (bicyclic) bond motifs is 1. The lowest BCUT2D eigenvalue weighted by Crippen LogP contribution is -2.14. The van der Waals surface area contributed by atoms with Crippen molar-refractivity contribution in [3.63, 3.8) is 0 Å². The lowest BCUT2D eigenvalue weighted by Gasteiger charge is -2.12. The second kappa shape index (κ2) is 7.11. The van der Waals surface area contributed by atoms with Gasteiger partial charge < -0.3 is 32.7 Å². The van der Waals surface area contributed by atoms with Crippen LogP contribution in [0.15, 0.2) is 45.4 Å². The van der Waals surface area contributed by atoms with Crippen LogP contribution in [-0.2, 0) is 20.2 Å². The van der Waals surface area contributed by atoms with Gasteiger partial charge in [0.05, 0.1) is 6.26 Å². The average molecular weight is 392 g/mol. The molecule has 0 unspecified atom stereocenters. The smallest absolute Gasteiger partial charge is 0.384 e. The zero-order chi connectivity index (χ0) is 18.9. The van der Waals surface area contributed by atoms with Gasteiger partial charge in [0.25, 0.3) is 5.89 Å². The maximum Gasteiger partial charge on any atom is 0.384 e. The monoisotopic (exact) mass is 392 g/mol. The summed E-state index contributed by atoms with van der Waals surface area (Å²) in [4.78, 5) is 4.26. The Bertz CT molecular complexity index is 975. The first-order chi connectivity index (χ1) is 13.1. The summed E-state index contributed by atoms with van der Waals surface area (Å²) in [5, 5.41) is 3.08. The molecule has 3 aromatic rings. The highest BCUT2D eigenvalue weighted by atomic mass is 31.2. The third kappa shape index (κ3) is 3.32. The van der Waals surface area contributed by atoms with Crippen molar-refractivity contribution in [1.82, 2.24) is 4.98 Å². The van der Waals surface area contributed by atoms with Gasteiger partial charge in [0.2, 0.25) is 18.1 Å². The van der Waals surface area contributed by atoms with Crippen molar-refractivity contribution >= 4 is 18.9 Å². The van der Waals surface area contributed by atoms with Crippen LogP contribution < -0.4 is 20.2 Å². The molecule has 0 amide bonds. The van der Waals surface area contributed by atoms with Crippen LogP contribution in [0.4, 0.5) is 5.88 Å². The van der Waals surface area contributed by atoms with Crippen LogP contribution in [0.25, 0.3) is 11.7 Å². The second-order valence-corrected chi connectivity index (χ2v) is 7.70. The molecule has 0 radical (unpaired) electrons. The van der Waals surface area contributed by atoms with Gasteiger partial charge in [0.1, 0.15) is 0 Å². The predicted molar refractivity (Wildman–Crippen MR) is 95.4 cm³/mol. The third-order valence-corrected chi connectivity index (χ3v) is 5.75. The summed E-state index contributed by atoms with van der Waals surface area (Å²) in [6.45, 7) is 0.569. The molecule has 0 aliphatic carbocycles. The van der Waals surface area contributed by atoms with E-state index >= 15 is 0 Å². The fraction of sp³-hybridized carbons (Fsp3) is 0.235. The number of rotatable bonds is 7. The molecular formula is C17H17N2O7P. The summed E-state index contributed by atoms with van der Waals surface area (Å²) in [6.07, 6.45) is 1.49. The van der Waals surface area contributed by atoms with Crippen molar-refractivity contribution < 1.29 is 31.9 Å². The molecule has 0 saturated heterocycles. The van der Waals surface area contributed by atoms with Crippen LogP contribution in [-0.4, -0.2) is 26.0 Å². The summed E-state index contributed by atoms with van der Waals surface area (Å²) in [5.41, 5.74) is 0.949. The van der Waals surface area contributed by atoms with Gasteiger partial charge in [0, 0.05) is 20.8 Å². The molecule has 1 aliphatic rings. The van der Waals surface area contributed by atoms with Crippen LogP contribution >= 0.6 is 7.60 Å². The van der Waals surface area contributed by atoms with Crippen molar-refractivity contribution in [3.8, 4) is 23.1 Å². The topological polar surface area (TPSA) is 105 Å². The molecule has 2 aromatic heterocycles. The Morgan fingerprint density at radius 3 is 2.74 bits per heavy atom. The summed E-state index contributed by atoms with van der Waals surface area (Å²) >= 11 is 0. The zero-order valence-corrected chi connectivity index (χ0v) is 15.5. The highest BCUT2D eigenvalue weighted by molar-refractivity contribution is 7.62.